The molecule has 3 aromatic rings. The average Bonchev–Trinajstić information content (AvgIpc) is 3.00. The molecule has 1 amide bonds. The van der Waals surface area contributed by atoms with E-state index in [9.17, 15) is 18.0 Å². The van der Waals surface area contributed by atoms with Gasteiger partial charge in [-0.2, -0.15) is 0 Å². The SMILES string of the molecule is CC(C)(C(=O)Nc1ccc(F)c(F)c1F)c1c[nH]c2ccccc12. The minimum absolute atomic E-state index is 0.396. The molecule has 124 valence electrons. The summed E-state index contributed by atoms with van der Waals surface area (Å²) in [5.41, 5.74) is 0.175. The van der Waals surface area contributed by atoms with Gasteiger partial charge in [-0.15, -0.1) is 0 Å². The lowest BCUT2D eigenvalue weighted by molar-refractivity contribution is -0.120. The summed E-state index contributed by atoms with van der Waals surface area (Å²) < 4.78 is 40.1. The van der Waals surface area contributed by atoms with Crippen LogP contribution in [0, 0.1) is 17.5 Å². The molecule has 0 bridgehead atoms. The maximum atomic E-state index is 13.8. The molecule has 2 N–H and O–H groups in total. The zero-order valence-electron chi connectivity index (χ0n) is 13.1. The molecule has 0 fully saturated rings. The quantitative estimate of drug-likeness (QED) is 0.682. The van der Waals surface area contributed by atoms with Crippen molar-refractivity contribution in [2.45, 2.75) is 19.3 Å². The molecule has 0 radical (unpaired) electrons. The Hall–Kier alpha value is -2.76. The molecule has 0 spiro atoms. The van der Waals surface area contributed by atoms with Crippen molar-refractivity contribution in [2.75, 3.05) is 5.32 Å². The van der Waals surface area contributed by atoms with Crippen LogP contribution in [-0.4, -0.2) is 10.9 Å². The first kappa shape index (κ1) is 16.1. The predicted molar refractivity (Wildman–Crippen MR) is 86.3 cm³/mol. The molecule has 0 unspecified atom stereocenters. The summed E-state index contributed by atoms with van der Waals surface area (Å²) in [6.45, 7) is 3.35. The van der Waals surface area contributed by atoms with E-state index >= 15 is 0 Å². The fourth-order valence-corrected chi connectivity index (χ4v) is 2.61. The van der Waals surface area contributed by atoms with Gasteiger partial charge in [0.2, 0.25) is 5.91 Å². The zero-order chi connectivity index (χ0) is 17.5. The number of benzene rings is 2. The second kappa shape index (κ2) is 5.70. The first-order chi connectivity index (χ1) is 11.3. The molecule has 0 aliphatic rings. The van der Waals surface area contributed by atoms with Crippen LogP contribution >= 0.6 is 0 Å². The molecule has 0 saturated carbocycles. The molecule has 0 saturated heterocycles. The highest BCUT2D eigenvalue weighted by Gasteiger charge is 2.33. The maximum absolute atomic E-state index is 13.8. The average molecular weight is 332 g/mol. The highest BCUT2D eigenvalue weighted by atomic mass is 19.2. The summed E-state index contributed by atoms with van der Waals surface area (Å²) in [6.07, 6.45) is 1.71. The second-order valence-corrected chi connectivity index (χ2v) is 6.05. The predicted octanol–water partition coefficient (Wildman–Crippen LogP) is 4.50. The minimum atomic E-state index is -1.61. The lowest BCUT2D eigenvalue weighted by Crippen LogP contribution is -2.35. The van der Waals surface area contributed by atoms with Gasteiger partial charge in [-0.1, -0.05) is 18.2 Å². The number of H-pyrrole nitrogens is 1. The van der Waals surface area contributed by atoms with E-state index in [0.29, 0.717) is 0 Å². The number of fused-ring (bicyclic) bond motifs is 1. The van der Waals surface area contributed by atoms with E-state index in [1.54, 1.807) is 20.0 Å². The lowest BCUT2D eigenvalue weighted by atomic mass is 9.83. The number of anilines is 1. The third-order valence-electron chi connectivity index (χ3n) is 4.11. The fourth-order valence-electron chi connectivity index (χ4n) is 2.61. The number of amides is 1. The van der Waals surface area contributed by atoms with Gasteiger partial charge in [-0.05, 0) is 37.6 Å². The monoisotopic (exact) mass is 332 g/mol. The highest BCUT2D eigenvalue weighted by molar-refractivity contribution is 6.01. The Morgan fingerprint density at radius 2 is 1.75 bits per heavy atom. The van der Waals surface area contributed by atoms with Gasteiger partial charge in [0.05, 0.1) is 11.1 Å². The number of hydrogen-bond acceptors (Lipinski definition) is 1. The Labute approximate surface area is 136 Å². The Morgan fingerprint density at radius 1 is 1.04 bits per heavy atom. The number of nitrogens with one attached hydrogen (secondary N) is 2. The highest BCUT2D eigenvalue weighted by Crippen LogP contribution is 2.32. The van der Waals surface area contributed by atoms with E-state index in [1.165, 1.54) is 0 Å². The number of hydrogen-bond donors (Lipinski definition) is 2. The normalized spacial score (nSPS) is 11.7. The van der Waals surface area contributed by atoms with Gasteiger partial charge in [-0.25, -0.2) is 13.2 Å². The molecule has 1 heterocycles. The van der Waals surface area contributed by atoms with Crippen LogP contribution in [0.15, 0.2) is 42.6 Å². The van der Waals surface area contributed by atoms with Crippen molar-refractivity contribution < 1.29 is 18.0 Å². The van der Waals surface area contributed by atoms with Crippen LogP contribution in [0.5, 0.6) is 0 Å². The number of halogens is 3. The van der Waals surface area contributed by atoms with E-state index in [2.05, 4.69) is 10.3 Å². The molecule has 24 heavy (non-hydrogen) atoms. The molecule has 0 aliphatic carbocycles. The molecule has 0 aliphatic heterocycles. The largest absolute Gasteiger partial charge is 0.361 e. The third kappa shape index (κ3) is 2.54. The Morgan fingerprint density at radius 3 is 2.50 bits per heavy atom. The van der Waals surface area contributed by atoms with E-state index in [-0.39, 0.29) is 0 Å². The standard InChI is InChI=1S/C18H15F3N2O/c1-18(2,11-9-22-13-6-4-3-5-10(11)13)17(24)23-14-8-7-12(19)15(20)16(14)21/h3-9,22H,1-2H3,(H,23,24). The summed E-state index contributed by atoms with van der Waals surface area (Å²) in [7, 11) is 0. The van der Waals surface area contributed by atoms with Crippen LogP contribution in [0.3, 0.4) is 0 Å². The van der Waals surface area contributed by atoms with Gasteiger partial charge >= 0.3 is 0 Å². The fraction of sp³-hybridized carbons (Fsp3) is 0.167. The molecule has 2 aromatic carbocycles. The van der Waals surface area contributed by atoms with Crippen LogP contribution in [0.4, 0.5) is 18.9 Å². The van der Waals surface area contributed by atoms with Crippen molar-refractivity contribution in [1.29, 1.82) is 0 Å². The van der Waals surface area contributed by atoms with E-state index in [0.717, 1.165) is 28.6 Å². The third-order valence-corrected chi connectivity index (χ3v) is 4.11. The second-order valence-electron chi connectivity index (χ2n) is 6.05. The van der Waals surface area contributed by atoms with E-state index < -0.39 is 34.5 Å². The summed E-state index contributed by atoms with van der Waals surface area (Å²) in [6, 6.07) is 9.23. The number of carbonyl (C=O) groups is 1. The topological polar surface area (TPSA) is 44.9 Å². The lowest BCUT2D eigenvalue weighted by Gasteiger charge is -2.23. The van der Waals surface area contributed by atoms with Gasteiger partial charge in [0.15, 0.2) is 17.5 Å². The summed E-state index contributed by atoms with van der Waals surface area (Å²) in [4.78, 5) is 15.7. The van der Waals surface area contributed by atoms with Gasteiger partial charge < -0.3 is 10.3 Å². The molecular formula is C18H15F3N2O. The van der Waals surface area contributed by atoms with Crippen LogP contribution in [0.1, 0.15) is 19.4 Å². The van der Waals surface area contributed by atoms with Gasteiger partial charge in [0.25, 0.3) is 0 Å². The van der Waals surface area contributed by atoms with Crippen molar-refractivity contribution in [3.05, 3.63) is 65.6 Å². The number of carbonyl (C=O) groups excluding carboxylic acids is 1. The first-order valence-corrected chi connectivity index (χ1v) is 7.34. The van der Waals surface area contributed by atoms with Crippen LogP contribution in [0.25, 0.3) is 10.9 Å². The van der Waals surface area contributed by atoms with Gasteiger partial charge in [0, 0.05) is 17.1 Å². The van der Waals surface area contributed by atoms with Gasteiger partial charge in [-0.3, -0.25) is 4.79 Å². The Kier molecular flexibility index (Phi) is 3.83. The Bertz CT molecular complexity index is 931. The van der Waals surface area contributed by atoms with Crippen molar-refractivity contribution in [3.63, 3.8) is 0 Å². The maximum Gasteiger partial charge on any atom is 0.234 e. The van der Waals surface area contributed by atoms with Gasteiger partial charge in [0.1, 0.15) is 0 Å². The van der Waals surface area contributed by atoms with Crippen molar-refractivity contribution in [3.8, 4) is 0 Å². The van der Waals surface area contributed by atoms with Crippen molar-refractivity contribution >= 4 is 22.5 Å². The van der Waals surface area contributed by atoms with Crippen molar-refractivity contribution in [1.82, 2.24) is 4.98 Å². The summed E-state index contributed by atoms with van der Waals surface area (Å²) in [5, 5.41) is 3.20. The van der Waals surface area contributed by atoms with E-state index in [4.69, 9.17) is 0 Å². The molecule has 3 rings (SSSR count). The van der Waals surface area contributed by atoms with E-state index in [1.807, 2.05) is 24.3 Å². The summed E-state index contributed by atoms with van der Waals surface area (Å²) >= 11 is 0. The molecule has 0 atom stereocenters. The van der Waals surface area contributed by atoms with Crippen LogP contribution in [-0.2, 0) is 10.2 Å². The Balaban J connectivity index is 1.95. The number of aromatic amines is 1. The molecule has 1 aromatic heterocycles. The van der Waals surface area contributed by atoms with Crippen LogP contribution < -0.4 is 5.32 Å². The molecule has 3 nitrogen and oxygen atoms in total. The van der Waals surface area contributed by atoms with Crippen molar-refractivity contribution in [2.24, 2.45) is 0 Å². The number of rotatable bonds is 3. The summed E-state index contributed by atoms with van der Waals surface area (Å²) in [5.74, 6) is -4.87. The smallest absolute Gasteiger partial charge is 0.234 e. The zero-order valence-corrected chi connectivity index (χ0v) is 13.1. The first-order valence-electron chi connectivity index (χ1n) is 7.34. The number of aromatic nitrogens is 1. The van der Waals surface area contributed by atoms with Crippen LogP contribution in [0.2, 0.25) is 0 Å². The molecular weight excluding hydrogens is 317 g/mol. The molecule has 6 heteroatoms. The minimum Gasteiger partial charge on any atom is -0.361 e. The number of para-hydroxylation sites is 1.